The Labute approximate surface area is 204 Å². The van der Waals surface area contributed by atoms with Gasteiger partial charge in [0.2, 0.25) is 5.91 Å². The number of carbonyl (C=O) groups is 1. The number of primary amides is 1. The summed E-state index contributed by atoms with van der Waals surface area (Å²) in [6, 6.07) is 21.0. The minimum Gasteiger partial charge on any atom is -0.366 e. The van der Waals surface area contributed by atoms with Crippen molar-refractivity contribution >= 4 is 62.5 Å². The molecule has 1 heterocycles. The van der Waals surface area contributed by atoms with Crippen LogP contribution in [0.5, 0.6) is 0 Å². The highest BCUT2D eigenvalue weighted by Crippen LogP contribution is 2.37. The summed E-state index contributed by atoms with van der Waals surface area (Å²) in [5, 5.41) is 2.91. The minimum absolute atomic E-state index is 0.172. The van der Waals surface area contributed by atoms with Gasteiger partial charge < -0.3 is 10.3 Å². The van der Waals surface area contributed by atoms with Crippen molar-refractivity contribution in [2.24, 2.45) is 5.73 Å². The van der Waals surface area contributed by atoms with E-state index in [1.807, 2.05) is 34.9 Å². The molecule has 7 heteroatoms. The second-order valence-corrected chi connectivity index (χ2v) is 8.96. The summed E-state index contributed by atoms with van der Waals surface area (Å²) in [6.45, 7) is 0.172. The monoisotopic (exact) mass is 496 g/mol. The van der Waals surface area contributed by atoms with E-state index in [1.165, 1.54) is 6.07 Å². The van der Waals surface area contributed by atoms with Gasteiger partial charge >= 0.3 is 0 Å². The fourth-order valence-electron chi connectivity index (χ4n) is 4.25. The Morgan fingerprint density at radius 1 is 0.879 bits per heavy atom. The Bertz CT molecular complexity index is 1560. The van der Waals surface area contributed by atoms with Gasteiger partial charge in [-0.15, -0.1) is 0 Å². The smallest absolute Gasteiger partial charge is 0.249 e. The predicted molar refractivity (Wildman–Crippen MR) is 134 cm³/mol. The molecule has 0 aliphatic heterocycles. The fourth-order valence-corrected chi connectivity index (χ4v) is 4.99. The van der Waals surface area contributed by atoms with Gasteiger partial charge in [0, 0.05) is 42.5 Å². The van der Waals surface area contributed by atoms with Gasteiger partial charge in [0.05, 0.1) is 17.6 Å². The van der Waals surface area contributed by atoms with Crippen molar-refractivity contribution in [2.75, 3.05) is 0 Å². The van der Waals surface area contributed by atoms with E-state index in [-0.39, 0.29) is 6.54 Å². The van der Waals surface area contributed by atoms with Gasteiger partial charge in [0.25, 0.3) is 0 Å². The molecular weight excluding hydrogens is 482 g/mol. The van der Waals surface area contributed by atoms with Crippen molar-refractivity contribution in [3.63, 3.8) is 0 Å². The number of nitrogens with two attached hydrogens (primary N) is 1. The lowest BCUT2D eigenvalue weighted by atomic mass is 10.0. The first-order chi connectivity index (χ1) is 15.8. The first kappa shape index (κ1) is 21.8. The van der Waals surface area contributed by atoms with Gasteiger partial charge in [-0.3, -0.25) is 4.79 Å². The van der Waals surface area contributed by atoms with Crippen LogP contribution in [-0.4, -0.2) is 10.5 Å². The van der Waals surface area contributed by atoms with Crippen LogP contribution >= 0.6 is 34.8 Å². The van der Waals surface area contributed by atoms with Gasteiger partial charge in [-0.2, -0.15) is 0 Å². The number of carbonyl (C=O) groups excluding carboxylic acids is 1. The van der Waals surface area contributed by atoms with Crippen LogP contribution < -0.4 is 5.73 Å². The number of benzene rings is 4. The maximum atomic E-state index is 14.7. The van der Waals surface area contributed by atoms with E-state index in [0.717, 1.165) is 27.5 Å². The van der Waals surface area contributed by atoms with E-state index in [9.17, 15) is 9.18 Å². The van der Waals surface area contributed by atoms with Crippen LogP contribution in [-0.2, 0) is 6.54 Å². The van der Waals surface area contributed by atoms with Crippen LogP contribution in [0.15, 0.2) is 72.8 Å². The summed E-state index contributed by atoms with van der Waals surface area (Å²) in [5.41, 5.74) is 9.63. The first-order valence-corrected chi connectivity index (χ1v) is 11.2. The number of amides is 1. The van der Waals surface area contributed by atoms with E-state index in [4.69, 9.17) is 40.5 Å². The minimum atomic E-state index is -0.534. The quantitative estimate of drug-likeness (QED) is 0.272. The molecule has 0 fully saturated rings. The Balaban J connectivity index is 1.83. The Kier molecular flexibility index (Phi) is 5.53. The third-order valence-corrected chi connectivity index (χ3v) is 6.68. The van der Waals surface area contributed by atoms with Crippen molar-refractivity contribution in [1.82, 2.24) is 4.57 Å². The zero-order chi connectivity index (χ0) is 23.3. The SMILES string of the molecule is NC(=O)c1cccc2c1c1ccc(-c3ccc(Cl)cc3Cl)cc1n2Cc1c(F)cccc1Cl. The maximum Gasteiger partial charge on any atom is 0.249 e. The fraction of sp³-hybridized carbons (Fsp3) is 0.0385. The van der Waals surface area contributed by atoms with Crippen LogP contribution in [0.2, 0.25) is 15.1 Å². The highest BCUT2D eigenvalue weighted by Gasteiger charge is 2.19. The average Bonchev–Trinajstić information content (AvgIpc) is 3.09. The van der Waals surface area contributed by atoms with Crippen molar-refractivity contribution in [3.05, 3.63) is 105 Å². The van der Waals surface area contributed by atoms with Crippen molar-refractivity contribution in [3.8, 4) is 11.1 Å². The second-order valence-electron chi connectivity index (χ2n) is 7.71. The first-order valence-electron chi connectivity index (χ1n) is 10.1. The lowest BCUT2D eigenvalue weighted by Crippen LogP contribution is -2.11. The molecule has 1 amide bonds. The Morgan fingerprint density at radius 2 is 1.67 bits per heavy atom. The van der Waals surface area contributed by atoms with E-state index in [1.54, 1.807) is 36.4 Å². The molecule has 0 aliphatic rings. The molecule has 0 unspecified atom stereocenters. The summed E-state index contributed by atoms with van der Waals surface area (Å²) < 4.78 is 16.6. The number of nitrogens with zero attached hydrogens (tertiary/aromatic N) is 1. The molecule has 1 aromatic heterocycles. The van der Waals surface area contributed by atoms with Crippen LogP contribution in [0, 0.1) is 5.82 Å². The van der Waals surface area contributed by atoms with Crippen LogP contribution in [0.25, 0.3) is 32.9 Å². The molecule has 2 N–H and O–H groups in total. The summed E-state index contributed by atoms with van der Waals surface area (Å²) in [4.78, 5) is 12.2. The Morgan fingerprint density at radius 3 is 2.39 bits per heavy atom. The number of hydrogen-bond acceptors (Lipinski definition) is 1. The molecule has 4 aromatic carbocycles. The maximum absolute atomic E-state index is 14.7. The molecule has 0 atom stereocenters. The second kappa shape index (κ2) is 8.38. The van der Waals surface area contributed by atoms with Crippen molar-refractivity contribution in [1.29, 1.82) is 0 Å². The molecule has 164 valence electrons. The van der Waals surface area contributed by atoms with Crippen LogP contribution in [0.3, 0.4) is 0 Å². The zero-order valence-electron chi connectivity index (χ0n) is 17.1. The standard InChI is InChI=1S/C26H16Cl3FN2O/c27-15-8-10-16(21(29)12-15)14-7-9-17-24(11-14)32(13-19-20(28)4-2-5-22(19)30)23-6-1-3-18(25(17)23)26(31)33/h1-12H,13H2,(H2,31,33). The molecular formula is C26H16Cl3FN2O. The van der Waals surface area contributed by atoms with Crippen LogP contribution in [0.4, 0.5) is 4.39 Å². The van der Waals surface area contributed by atoms with E-state index >= 15 is 0 Å². The number of rotatable bonds is 4. The molecule has 0 aliphatic carbocycles. The van der Waals surface area contributed by atoms with Crippen LogP contribution in [0.1, 0.15) is 15.9 Å². The molecule has 0 radical (unpaired) electrons. The molecule has 0 spiro atoms. The van der Waals surface area contributed by atoms with E-state index in [0.29, 0.717) is 31.6 Å². The summed E-state index contributed by atoms with van der Waals surface area (Å²) >= 11 is 18.9. The number of aromatic nitrogens is 1. The Hall–Kier alpha value is -3.05. The average molecular weight is 498 g/mol. The summed E-state index contributed by atoms with van der Waals surface area (Å²) in [6.07, 6.45) is 0. The number of fused-ring (bicyclic) bond motifs is 3. The normalized spacial score (nSPS) is 11.4. The van der Waals surface area contributed by atoms with Crippen molar-refractivity contribution < 1.29 is 9.18 Å². The summed E-state index contributed by atoms with van der Waals surface area (Å²) in [7, 11) is 0. The molecule has 5 aromatic rings. The third kappa shape index (κ3) is 3.74. The molecule has 3 nitrogen and oxygen atoms in total. The van der Waals surface area contributed by atoms with Gasteiger partial charge in [0.15, 0.2) is 0 Å². The van der Waals surface area contributed by atoms with Gasteiger partial charge in [0.1, 0.15) is 5.82 Å². The highest BCUT2D eigenvalue weighted by molar-refractivity contribution is 6.36. The molecule has 5 rings (SSSR count). The highest BCUT2D eigenvalue weighted by atomic mass is 35.5. The molecule has 33 heavy (non-hydrogen) atoms. The third-order valence-electron chi connectivity index (χ3n) is 5.78. The molecule has 0 saturated carbocycles. The molecule has 0 saturated heterocycles. The van der Waals surface area contributed by atoms with Gasteiger partial charge in [-0.25, -0.2) is 4.39 Å². The lowest BCUT2D eigenvalue weighted by molar-refractivity contribution is 0.100. The van der Waals surface area contributed by atoms with E-state index < -0.39 is 11.7 Å². The largest absolute Gasteiger partial charge is 0.366 e. The van der Waals surface area contributed by atoms with Gasteiger partial charge in [-0.1, -0.05) is 65.1 Å². The van der Waals surface area contributed by atoms with E-state index in [2.05, 4.69) is 0 Å². The van der Waals surface area contributed by atoms with Gasteiger partial charge in [-0.05, 0) is 48.0 Å². The number of hydrogen-bond donors (Lipinski definition) is 1. The number of halogens is 4. The zero-order valence-corrected chi connectivity index (χ0v) is 19.3. The predicted octanol–water partition coefficient (Wildman–Crippen LogP) is 7.71. The lowest BCUT2D eigenvalue weighted by Gasteiger charge is -2.12. The topological polar surface area (TPSA) is 48.0 Å². The molecule has 0 bridgehead atoms. The summed E-state index contributed by atoms with van der Waals surface area (Å²) in [5.74, 6) is -0.936. The van der Waals surface area contributed by atoms with Crippen molar-refractivity contribution in [2.45, 2.75) is 6.54 Å².